The highest BCUT2D eigenvalue weighted by Crippen LogP contribution is 2.55. The van der Waals surface area contributed by atoms with Crippen LogP contribution in [-0.4, -0.2) is 54.9 Å². The first-order valence-electron chi connectivity index (χ1n) is 6.98. The lowest BCUT2D eigenvalue weighted by Gasteiger charge is -2.24. The molecule has 1 aliphatic heterocycles. The summed E-state index contributed by atoms with van der Waals surface area (Å²) in [6.07, 6.45) is -0.792. The highest BCUT2D eigenvalue weighted by Gasteiger charge is 2.65. The molecule has 14 heteroatoms. The molecule has 3 fully saturated rings. The monoisotopic (exact) mass is 406 g/mol. The van der Waals surface area contributed by atoms with Gasteiger partial charge in [-0.15, -0.1) is 4.33 Å². The number of ether oxygens (including phenoxy) is 2. The van der Waals surface area contributed by atoms with Crippen molar-refractivity contribution in [2.75, 3.05) is 6.61 Å². The summed E-state index contributed by atoms with van der Waals surface area (Å²) in [4.78, 5) is 22.8. The number of esters is 2. The second-order valence-electron chi connectivity index (χ2n) is 5.76. The summed E-state index contributed by atoms with van der Waals surface area (Å²) in [6.45, 7) is -1.11. The van der Waals surface area contributed by atoms with Crippen LogP contribution in [0.5, 0.6) is 0 Å². The zero-order valence-electron chi connectivity index (χ0n) is 12.2. The molecule has 5 unspecified atom stereocenters. The number of hydrogen-bond acceptors (Lipinski definition) is 11. The predicted molar refractivity (Wildman–Crippen MR) is 72.0 cm³/mol. The molecule has 1 saturated heterocycles. The fourth-order valence-corrected chi connectivity index (χ4v) is 5.65. The Kier molecular flexibility index (Phi) is 4.93. The second-order valence-corrected chi connectivity index (χ2v) is 8.36. The van der Waals surface area contributed by atoms with Crippen molar-refractivity contribution in [2.45, 2.75) is 35.6 Å². The number of rotatable bonds is 7. The average molecular weight is 406 g/mol. The van der Waals surface area contributed by atoms with E-state index in [4.69, 9.17) is 14.2 Å². The molecule has 0 amide bonds. The summed E-state index contributed by atoms with van der Waals surface area (Å²) in [6, 6.07) is 0. The zero-order valence-corrected chi connectivity index (χ0v) is 13.8. The topological polar surface area (TPSA) is 135 Å². The van der Waals surface area contributed by atoms with Crippen molar-refractivity contribution in [3.8, 4) is 0 Å². The van der Waals surface area contributed by atoms with E-state index in [-0.39, 0.29) is 11.8 Å². The van der Waals surface area contributed by atoms with Crippen LogP contribution in [0.2, 0.25) is 0 Å². The minimum atomic E-state index is -4.23. The summed E-state index contributed by atoms with van der Waals surface area (Å²) >= 11 is -0.828. The maximum Gasteiger partial charge on any atom is 0.415 e. The van der Waals surface area contributed by atoms with Crippen LogP contribution in [0.1, 0.15) is 12.8 Å². The molecule has 0 aromatic rings. The molecule has 1 N–H and O–H groups in total. The molecule has 3 aliphatic rings. The molecular formula is C11H12F2O10S2. The van der Waals surface area contributed by atoms with Gasteiger partial charge >= 0.3 is 17.2 Å². The van der Waals surface area contributed by atoms with E-state index in [0.29, 0.717) is 12.8 Å². The van der Waals surface area contributed by atoms with E-state index in [2.05, 4.69) is 14.1 Å². The quantitative estimate of drug-likeness (QED) is 0.205. The molecule has 2 saturated carbocycles. The fourth-order valence-electron chi connectivity index (χ4n) is 3.53. The summed E-state index contributed by atoms with van der Waals surface area (Å²) < 4.78 is 67.4. The van der Waals surface area contributed by atoms with Crippen LogP contribution in [-0.2, 0) is 42.7 Å². The van der Waals surface area contributed by atoms with Crippen molar-refractivity contribution < 1.29 is 55.1 Å². The third-order valence-corrected chi connectivity index (χ3v) is 6.69. The Bertz CT molecular complexity index is 668. The van der Waals surface area contributed by atoms with Crippen LogP contribution in [0.3, 0.4) is 0 Å². The van der Waals surface area contributed by atoms with Crippen molar-refractivity contribution in [1.29, 1.82) is 0 Å². The fraction of sp³-hybridized carbons (Fsp3) is 0.818. The maximum atomic E-state index is 13.1. The van der Waals surface area contributed by atoms with E-state index in [0.717, 1.165) is 0 Å². The Morgan fingerprint density at radius 1 is 1.32 bits per heavy atom. The van der Waals surface area contributed by atoms with E-state index in [9.17, 15) is 26.8 Å². The average Bonchev–Trinajstić information content (AvgIpc) is 3.15. The van der Waals surface area contributed by atoms with Crippen LogP contribution < -0.4 is 0 Å². The van der Waals surface area contributed by atoms with Crippen LogP contribution in [0.15, 0.2) is 0 Å². The maximum absolute atomic E-state index is 13.1. The molecular weight excluding hydrogens is 394 g/mol. The number of alkyl halides is 2. The summed E-state index contributed by atoms with van der Waals surface area (Å²) in [5, 5.41) is 5.88. The predicted octanol–water partition coefficient (Wildman–Crippen LogP) is 0.241. The summed E-state index contributed by atoms with van der Waals surface area (Å²) in [5.41, 5.74) is 0. The number of fused-ring (bicyclic) bond motifs is 1. The van der Waals surface area contributed by atoms with Crippen molar-refractivity contribution >= 4 is 34.1 Å². The number of carbonyl (C=O) groups excluding carboxylic acids is 2. The first-order valence-corrected chi connectivity index (χ1v) is 9.19. The Morgan fingerprint density at radius 2 is 2.04 bits per heavy atom. The van der Waals surface area contributed by atoms with Crippen LogP contribution in [0, 0.1) is 11.8 Å². The third kappa shape index (κ3) is 3.46. The molecule has 2 aliphatic carbocycles. The molecule has 5 atom stereocenters. The lowest BCUT2D eigenvalue weighted by Crippen LogP contribution is -2.38. The first-order chi connectivity index (χ1) is 11.7. The molecule has 3 rings (SSSR count). The van der Waals surface area contributed by atoms with Crippen LogP contribution >= 0.6 is 12.0 Å². The van der Waals surface area contributed by atoms with Gasteiger partial charge < -0.3 is 9.47 Å². The molecule has 0 aromatic heterocycles. The number of carbonyl (C=O) groups is 2. The van der Waals surface area contributed by atoms with Crippen LogP contribution in [0.4, 0.5) is 8.78 Å². The smallest absolute Gasteiger partial charge is 0.415 e. The molecule has 0 radical (unpaired) electrons. The molecule has 1 heterocycles. The van der Waals surface area contributed by atoms with Crippen LogP contribution in [0.25, 0.3) is 0 Å². The van der Waals surface area contributed by atoms with E-state index in [1.54, 1.807) is 0 Å². The largest absolute Gasteiger partial charge is 0.457 e. The van der Waals surface area contributed by atoms with Gasteiger partial charge in [-0.1, -0.05) is 5.04 Å². The standard InChI is InChI=1S/C11H12F2O10S2/c12-11(13,24-23-22-16)10(15)19-3-7(14)20-8-4-1-5-6(2-4)25(17,18)21-9(5)8/h4-6,8-9,16H,1-3H2. The highest BCUT2D eigenvalue weighted by atomic mass is 32.2. The molecule has 25 heavy (non-hydrogen) atoms. The van der Waals surface area contributed by atoms with E-state index in [1.807, 2.05) is 0 Å². The van der Waals surface area contributed by atoms with Gasteiger partial charge in [0.2, 0.25) is 0 Å². The molecule has 0 spiro atoms. The van der Waals surface area contributed by atoms with Crippen molar-refractivity contribution in [3.05, 3.63) is 0 Å². The lowest BCUT2D eigenvalue weighted by atomic mass is 9.94. The summed E-state index contributed by atoms with van der Waals surface area (Å²) in [5.74, 6) is -3.69. The molecule has 0 aromatic carbocycles. The number of halogens is 2. The SMILES string of the molecule is O=C(COC(=O)C(F)(F)SOOO)OC1C2CC3C1OS(=O)(=O)C3C2. The third-order valence-electron chi connectivity index (χ3n) is 4.41. The van der Waals surface area contributed by atoms with Gasteiger partial charge in [-0.2, -0.15) is 17.2 Å². The Balaban J connectivity index is 1.50. The van der Waals surface area contributed by atoms with Gasteiger partial charge in [0.15, 0.2) is 6.61 Å². The first kappa shape index (κ1) is 18.7. The van der Waals surface area contributed by atoms with Gasteiger partial charge in [-0.25, -0.2) is 14.8 Å². The lowest BCUT2D eigenvalue weighted by molar-refractivity contribution is -0.433. The molecule has 2 bridgehead atoms. The minimum absolute atomic E-state index is 0.205. The van der Waals surface area contributed by atoms with Gasteiger partial charge in [0, 0.05) is 11.8 Å². The highest BCUT2D eigenvalue weighted by molar-refractivity contribution is 7.96. The van der Waals surface area contributed by atoms with Gasteiger partial charge in [-0.05, 0) is 12.8 Å². The summed E-state index contributed by atoms with van der Waals surface area (Å²) in [7, 11) is -3.68. The van der Waals surface area contributed by atoms with Gasteiger partial charge in [0.25, 0.3) is 10.1 Å². The van der Waals surface area contributed by atoms with Crippen molar-refractivity contribution in [1.82, 2.24) is 0 Å². The zero-order chi connectivity index (χ0) is 18.4. The van der Waals surface area contributed by atoms with Crippen molar-refractivity contribution in [3.63, 3.8) is 0 Å². The van der Waals surface area contributed by atoms with Gasteiger partial charge in [0.1, 0.15) is 24.3 Å². The van der Waals surface area contributed by atoms with Gasteiger partial charge in [-0.3, -0.25) is 4.18 Å². The minimum Gasteiger partial charge on any atom is -0.457 e. The Morgan fingerprint density at radius 3 is 2.72 bits per heavy atom. The van der Waals surface area contributed by atoms with E-state index >= 15 is 0 Å². The second kappa shape index (κ2) is 6.59. The van der Waals surface area contributed by atoms with E-state index in [1.165, 1.54) is 0 Å². The normalized spacial score (nSPS) is 34.9. The Labute approximate surface area is 143 Å². The molecule has 142 valence electrons. The number of hydrogen-bond donors (Lipinski definition) is 1. The van der Waals surface area contributed by atoms with Crippen molar-refractivity contribution in [2.24, 2.45) is 11.8 Å². The van der Waals surface area contributed by atoms with Gasteiger partial charge in [0.05, 0.1) is 5.25 Å². The Hall–Kier alpha value is -1.06. The van der Waals surface area contributed by atoms with E-state index < -0.39 is 63.4 Å². The molecule has 10 nitrogen and oxygen atoms in total.